The average Bonchev–Trinajstić information content (AvgIpc) is 2.17. The molecule has 0 N–H and O–H groups in total. The molecule has 0 bridgehead atoms. The second-order valence-corrected chi connectivity index (χ2v) is 4.96. The van der Waals surface area contributed by atoms with Crippen LogP contribution in [-0.4, -0.2) is 5.78 Å². The minimum atomic E-state index is 0.366. The van der Waals surface area contributed by atoms with Gasteiger partial charge in [0.25, 0.3) is 0 Å². The predicted molar refractivity (Wildman–Crippen MR) is 58.1 cm³/mol. The summed E-state index contributed by atoms with van der Waals surface area (Å²) in [6.07, 6.45) is 11.1. The van der Waals surface area contributed by atoms with E-state index >= 15 is 0 Å². The van der Waals surface area contributed by atoms with Crippen LogP contribution in [0.4, 0.5) is 0 Å². The number of rotatable bonds is 2. The van der Waals surface area contributed by atoms with Gasteiger partial charge in [0, 0.05) is 6.42 Å². The molecule has 0 aliphatic heterocycles. The topological polar surface area (TPSA) is 17.1 Å². The summed E-state index contributed by atoms with van der Waals surface area (Å²) in [7, 11) is 0. The van der Waals surface area contributed by atoms with Gasteiger partial charge in [0.05, 0.1) is 0 Å². The van der Waals surface area contributed by atoms with E-state index in [0.717, 1.165) is 12.3 Å². The summed E-state index contributed by atoms with van der Waals surface area (Å²) in [5.74, 6) is 1.91. The first-order valence-electron chi connectivity index (χ1n) is 5.94. The number of carbonyl (C=O) groups excluding carboxylic acids is 1. The van der Waals surface area contributed by atoms with Gasteiger partial charge in [-0.25, -0.2) is 0 Å². The highest BCUT2D eigenvalue weighted by Gasteiger charge is 2.27. The minimum absolute atomic E-state index is 0.366. The molecule has 0 aromatic rings. The number of carbonyl (C=O) groups is 1. The molecule has 2 aliphatic carbocycles. The van der Waals surface area contributed by atoms with Crippen molar-refractivity contribution in [1.29, 1.82) is 0 Å². The Labute approximate surface area is 86.6 Å². The van der Waals surface area contributed by atoms with Crippen LogP contribution in [-0.2, 0) is 4.79 Å². The third kappa shape index (κ3) is 2.26. The van der Waals surface area contributed by atoms with Crippen molar-refractivity contribution in [3.8, 4) is 0 Å². The van der Waals surface area contributed by atoms with Crippen molar-refractivity contribution in [3.05, 3.63) is 11.6 Å². The molecule has 0 spiro atoms. The molecule has 0 amide bonds. The van der Waals surface area contributed by atoms with Crippen molar-refractivity contribution < 1.29 is 4.79 Å². The molecule has 2 rings (SSSR count). The van der Waals surface area contributed by atoms with Crippen molar-refractivity contribution >= 4 is 5.78 Å². The van der Waals surface area contributed by atoms with Gasteiger partial charge in [0.2, 0.25) is 0 Å². The molecule has 0 radical (unpaired) electrons. The summed E-state index contributed by atoms with van der Waals surface area (Å²) in [5.41, 5.74) is 1.67. The lowest BCUT2D eigenvalue weighted by atomic mass is 9.72. The number of hydrogen-bond donors (Lipinski definition) is 0. The van der Waals surface area contributed by atoms with Gasteiger partial charge in [-0.05, 0) is 57.3 Å². The first-order valence-corrected chi connectivity index (χ1v) is 5.94. The fourth-order valence-corrected chi connectivity index (χ4v) is 3.04. The molecule has 2 unspecified atom stereocenters. The van der Waals surface area contributed by atoms with E-state index in [1.165, 1.54) is 38.5 Å². The number of Topliss-reactive ketones (excluding diaryl/α,β-unsaturated/α-hetero) is 1. The number of hydrogen-bond acceptors (Lipinski definition) is 1. The molecule has 1 fully saturated rings. The Morgan fingerprint density at radius 1 is 1.43 bits per heavy atom. The van der Waals surface area contributed by atoms with E-state index in [1.807, 2.05) is 0 Å². The molecule has 0 aromatic carbocycles. The summed E-state index contributed by atoms with van der Waals surface area (Å²) >= 11 is 0. The molecular weight excluding hydrogens is 172 g/mol. The zero-order chi connectivity index (χ0) is 9.97. The van der Waals surface area contributed by atoms with Gasteiger partial charge in [-0.15, -0.1) is 0 Å². The van der Waals surface area contributed by atoms with Crippen molar-refractivity contribution in [2.24, 2.45) is 11.8 Å². The molecule has 1 heteroatoms. The Hall–Kier alpha value is -0.590. The van der Waals surface area contributed by atoms with Gasteiger partial charge in [0.15, 0.2) is 0 Å². The van der Waals surface area contributed by atoms with Crippen LogP contribution in [0.25, 0.3) is 0 Å². The maximum atomic E-state index is 11.1. The highest BCUT2D eigenvalue weighted by atomic mass is 16.1. The monoisotopic (exact) mass is 192 g/mol. The maximum absolute atomic E-state index is 11.1. The van der Waals surface area contributed by atoms with Crippen LogP contribution in [0.15, 0.2) is 11.6 Å². The van der Waals surface area contributed by atoms with E-state index < -0.39 is 0 Å². The minimum Gasteiger partial charge on any atom is -0.300 e. The van der Waals surface area contributed by atoms with E-state index in [4.69, 9.17) is 0 Å². The van der Waals surface area contributed by atoms with Gasteiger partial charge in [-0.1, -0.05) is 11.6 Å². The highest BCUT2D eigenvalue weighted by Crippen LogP contribution is 2.40. The summed E-state index contributed by atoms with van der Waals surface area (Å²) < 4.78 is 0. The molecule has 2 atom stereocenters. The van der Waals surface area contributed by atoms with Crippen molar-refractivity contribution in [3.63, 3.8) is 0 Å². The third-order valence-electron chi connectivity index (χ3n) is 3.71. The smallest absolute Gasteiger partial charge is 0.130 e. The van der Waals surface area contributed by atoms with E-state index in [2.05, 4.69) is 6.08 Å². The van der Waals surface area contributed by atoms with Crippen LogP contribution < -0.4 is 0 Å². The first kappa shape index (κ1) is 9.95. The molecule has 78 valence electrons. The van der Waals surface area contributed by atoms with Crippen LogP contribution in [0.5, 0.6) is 0 Å². The third-order valence-corrected chi connectivity index (χ3v) is 3.71. The molecule has 0 heterocycles. The van der Waals surface area contributed by atoms with Gasteiger partial charge >= 0.3 is 0 Å². The lowest BCUT2D eigenvalue weighted by molar-refractivity contribution is -0.118. The SMILES string of the molecule is CC(=O)CC1CCC2CCCC=C2C1. The fraction of sp³-hybridized carbons (Fsp3) is 0.769. The Balaban J connectivity index is 1.95. The van der Waals surface area contributed by atoms with Crippen molar-refractivity contribution in [2.45, 2.75) is 51.9 Å². The number of ketones is 1. The first-order chi connectivity index (χ1) is 6.75. The van der Waals surface area contributed by atoms with E-state index in [1.54, 1.807) is 12.5 Å². The predicted octanol–water partition coefficient (Wildman–Crippen LogP) is 3.49. The second-order valence-electron chi connectivity index (χ2n) is 4.96. The van der Waals surface area contributed by atoms with Crippen molar-refractivity contribution in [2.75, 3.05) is 0 Å². The van der Waals surface area contributed by atoms with Gasteiger partial charge in [-0.2, -0.15) is 0 Å². The Morgan fingerprint density at radius 3 is 3.07 bits per heavy atom. The van der Waals surface area contributed by atoms with Crippen LogP contribution in [0.3, 0.4) is 0 Å². The van der Waals surface area contributed by atoms with Crippen LogP contribution in [0.1, 0.15) is 51.9 Å². The van der Waals surface area contributed by atoms with E-state index in [9.17, 15) is 4.79 Å². The van der Waals surface area contributed by atoms with Crippen LogP contribution >= 0.6 is 0 Å². The Bertz CT molecular complexity index is 252. The van der Waals surface area contributed by atoms with Crippen LogP contribution in [0.2, 0.25) is 0 Å². The average molecular weight is 192 g/mol. The van der Waals surface area contributed by atoms with E-state index in [0.29, 0.717) is 11.7 Å². The lowest BCUT2D eigenvalue weighted by Gasteiger charge is -2.33. The lowest BCUT2D eigenvalue weighted by Crippen LogP contribution is -2.20. The number of allylic oxidation sites excluding steroid dienone is 2. The second kappa shape index (κ2) is 4.29. The van der Waals surface area contributed by atoms with Crippen LogP contribution in [0, 0.1) is 11.8 Å². The summed E-state index contributed by atoms with van der Waals surface area (Å²) in [6, 6.07) is 0. The zero-order valence-electron chi connectivity index (χ0n) is 9.09. The molecule has 1 saturated carbocycles. The largest absolute Gasteiger partial charge is 0.300 e. The Morgan fingerprint density at radius 2 is 2.29 bits per heavy atom. The van der Waals surface area contributed by atoms with Gasteiger partial charge in [0.1, 0.15) is 5.78 Å². The molecule has 2 aliphatic rings. The summed E-state index contributed by atoms with van der Waals surface area (Å²) in [6.45, 7) is 1.72. The highest BCUT2D eigenvalue weighted by molar-refractivity contribution is 5.75. The molecular formula is C13H20O. The normalized spacial score (nSPS) is 31.9. The molecule has 1 nitrogen and oxygen atoms in total. The maximum Gasteiger partial charge on any atom is 0.130 e. The van der Waals surface area contributed by atoms with E-state index in [-0.39, 0.29) is 0 Å². The molecule has 0 aromatic heterocycles. The van der Waals surface area contributed by atoms with Crippen molar-refractivity contribution in [1.82, 2.24) is 0 Å². The van der Waals surface area contributed by atoms with Gasteiger partial charge < -0.3 is 4.79 Å². The zero-order valence-corrected chi connectivity index (χ0v) is 9.09. The molecule has 14 heavy (non-hydrogen) atoms. The summed E-state index contributed by atoms with van der Waals surface area (Å²) in [5, 5.41) is 0. The fourth-order valence-electron chi connectivity index (χ4n) is 3.04. The molecule has 0 saturated heterocycles. The summed E-state index contributed by atoms with van der Waals surface area (Å²) in [4.78, 5) is 11.1. The Kier molecular flexibility index (Phi) is 3.05. The standard InChI is InChI=1S/C13H20O/c1-10(14)8-11-6-7-12-4-2-3-5-13(12)9-11/h5,11-12H,2-4,6-9H2,1H3. The quantitative estimate of drug-likeness (QED) is 0.612. The number of fused-ring (bicyclic) bond motifs is 1. The van der Waals surface area contributed by atoms with Gasteiger partial charge in [-0.3, -0.25) is 0 Å².